The van der Waals surface area contributed by atoms with E-state index in [1.807, 2.05) is 6.07 Å². The van der Waals surface area contributed by atoms with E-state index >= 15 is 0 Å². The van der Waals surface area contributed by atoms with E-state index in [4.69, 9.17) is 15.0 Å². The molecule has 0 fully saturated rings. The SMILES string of the molecule is c1ccc(-c2ccc3c(-c4nc(-c5ccc6ccccc6c5)nc(-c5ccccc5-c5ccccc5)n4)ccc(-n4c5cc6ccccc6cc5c5cc6ccccc6cc54)c3c2)cc1. The van der Waals surface area contributed by atoms with Crippen LogP contribution in [0.3, 0.4) is 0 Å². The van der Waals surface area contributed by atoms with Gasteiger partial charge in [0.1, 0.15) is 0 Å². The molecule has 0 saturated carbocycles. The summed E-state index contributed by atoms with van der Waals surface area (Å²) in [5, 5.41) is 11.7. The van der Waals surface area contributed by atoms with Crippen LogP contribution in [0.1, 0.15) is 0 Å². The Balaban J connectivity index is 1.11. The van der Waals surface area contributed by atoms with E-state index in [2.05, 4.69) is 229 Å². The topological polar surface area (TPSA) is 43.6 Å². The number of rotatable bonds is 6. The summed E-state index contributed by atoms with van der Waals surface area (Å²) in [5.74, 6) is 1.86. The van der Waals surface area contributed by atoms with Crippen molar-refractivity contribution >= 4 is 64.9 Å². The Hall–Kier alpha value is -8.73. The molecule has 0 bridgehead atoms. The van der Waals surface area contributed by atoms with Gasteiger partial charge >= 0.3 is 0 Å². The fourth-order valence-electron chi connectivity index (χ4n) is 9.80. The molecule has 13 aromatic rings. The number of hydrogen-bond donors (Lipinski definition) is 0. The van der Waals surface area contributed by atoms with Crippen molar-refractivity contribution in [3.05, 3.63) is 231 Å². The van der Waals surface area contributed by atoms with Crippen molar-refractivity contribution in [3.8, 4) is 62.1 Å². The van der Waals surface area contributed by atoms with Crippen molar-refractivity contribution in [1.29, 1.82) is 0 Å². The van der Waals surface area contributed by atoms with Gasteiger partial charge < -0.3 is 4.57 Å². The first-order valence-corrected chi connectivity index (χ1v) is 22.1. The van der Waals surface area contributed by atoms with E-state index in [1.165, 1.54) is 37.7 Å². The second-order valence-corrected chi connectivity index (χ2v) is 16.8. The molecule has 2 aromatic heterocycles. The molecule has 0 radical (unpaired) electrons. The van der Waals surface area contributed by atoms with Gasteiger partial charge in [0.15, 0.2) is 17.5 Å². The van der Waals surface area contributed by atoms with Gasteiger partial charge in [0.2, 0.25) is 0 Å². The first-order chi connectivity index (χ1) is 32.2. The van der Waals surface area contributed by atoms with Crippen LogP contribution in [0, 0.1) is 0 Å². The first kappa shape index (κ1) is 36.9. The largest absolute Gasteiger partial charge is 0.309 e. The van der Waals surface area contributed by atoms with Crippen molar-refractivity contribution in [2.45, 2.75) is 0 Å². The van der Waals surface area contributed by atoms with Gasteiger partial charge in [0.25, 0.3) is 0 Å². The van der Waals surface area contributed by atoms with Crippen LogP contribution in [0.25, 0.3) is 127 Å². The zero-order chi connectivity index (χ0) is 42.8. The Bertz CT molecular complexity index is 3910. The molecular formula is C61H38N4. The van der Waals surface area contributed by atoms with Crippen LogP contribution in [0.2, 0.25) is 0 Å². The highest BCUT2D eigenvalue weighted by Gasteiger charge is 2.21. The average Bonchev–Trinajstić information content (AvgIpc) is 3.68. The van der Waals surface area contributed by atoms with Crippen LogP contribution in [0.15, 0.2) is 231 Å². The number of aromatic nitrogens is 4. The monoisotopic (exact) mass is 826 g/mol. The number of nitrogens with zero attached hydrogens (tertiary/aromatic N) is 4. The minimum absolute atomic E-state index is 0.615. The zero-order valence-electron chi connectivity index (χ0n) is 35.2. The Morgan fingerprint density at radius 3 is 1.38 bits per heavy atom. The molecule has 13 rings (SSSR count). The van der Waals surface area contributed by atoms with Crippen molar-refractivity contribution < 1.29 is 0 Å². The second-order valence-electron chi connectivity index (χ2n) is 16.8. The molecule has 0 aliphatic heterocycles. The van der Waals surface area contributed by atoms with Gasteiger partial charge in [-0.3, -0.25) is 0 Å². The minimum Gasteiger partial charge on any atom is -0.309 e. The fourth-order valence-corrected chi connectivity index (χ4v) is 9.80. The Morgan fingerprint density at radius 2 is 0.738 bits per heavy atom. The van der Waals surface area contributed by atoms with Crippen molar-refractivity contribution in [3.63, 3.8) is 0 Å². The van der Waals surface area contributed by atoms with Crippen LogP contribution in [0.5, 0.6) is 0 Å². The maximum absolute atomic E-state index is 5.41. The fraction of sp³-hybridized carbons (Fsp3) is 0. The van der Waals surface area contributed by atoms with Crippen LogP contribution >= 0.6 is 0 Å². The summed E-state index contributed by atoms with van der Waals surface area (Å²) in [4.78, 5) is 16.1. The quantitative estimate of drug-likeness (QED) is 0.168. The van der Waals surface area contributed by atoms with Gasteiger partial charge in [-0.05, 0) is 108 Å². The normalized spacial score (nSPS) is 11.7. The molecule has 0 saturated heterocycles. The summed E-state index contributed by atoms with van der Waals surface area (Å²) < 4.78 is 2.47. The van der Waals surface area contributed by atoms with E-state index < -0.39 is 0 Å². The van der Waals surface area contributed by atoms with E-state index in [9.17, 15) is 0 Å². The van der Waals surface area contributed by atoms with Crippen LogP contribution < -0.4 is 0 Å². The predicted molar refractivity (Wildman–Crippen MR) is 271 cm³/mol. The van der Waals surface area contributed by atoms with Gasteiger partial charge in [-0.1, -0.05) is 182 Å². The number of fused-ring (bicyclic) bond motifs is 7. The average molecular weight is 827 g/mol. The van der Waals surface area contributed by atoms with Crippen LogP contribution in [0.4, 0.5) is 0 Å². The minimum atomic E-state index is 0.615. The predicted octanol–water partition coefficient (Wildman–Crippen LogP) is 15.9. The van der Waals surface area contributed by atoms with E-state index in [0.29, 0.717) is 17.5 Å². The highest BCUT2D eigenvalue weighted by atomic mass is 15.0. The summed E-state index contributed by atoms with van der Waals surface area (Å²) in [6.07, 6.45) is 0. The van der Waals surface area contributed by atoms with E-state index in [-0.39, 0.29) is 0 Å². The molecule has 2 heterocycles. The molecule has 0 amide bonds. The molecule has 302 valence electrons. The third-order valence-corrected chi connectivity index (χ3v) is 13.0. The van der Waals surface area contributed by atoms with Gasteiger partial charge in [0.05, 0.1) is 16.7 Å². The lowest BCUT2D eigenvalue weighted by Crippen LogP contribution is -2.02. The van der Waals surface area contributed by atoms with Crippen LogP contribution in [-0.2, 0) is 0 Å². The molecule has 4 nitrogen and oxygen atoms in total. The first-order valence-electron chi connectivity index (χ1n) is 22.1. The van der Waals surface area contributed by atoms with Gasteiger partial charge in [0, 0.05) is 32.8 Å². The Labute approximate surface area is 375 Å². The lowest BCUT2D eigenvalue weighted by molar-refractivity contribution is 1.08. The molecule has 0 aliphatic rings. The lowest BCUT2D eigenvalue weighted by Gasteiger charge is -2.17. The number of benzene rings is 11. The molecule has 0 aliphatic carbocycles. The highest BCUT2D eigenvalue weighted by Crippen LogP contribution is 2.42. The van der Waals surface area contributed by atoms with Crippen LogP contribution in [-0.4, -0.2) is 19.5 Å². The maximum atomic E-state index is 5.41. The van der Waals surface area contributed by atoms with E-state index in [1.54, 1.807) is 0 Å². The molecule has 11 aromatic carbocycles. The van der Waals surface area contributed by atoms with Crippen molar-refractivity contribution in [2.24, 2.45) is 0 Å². The maximum Gasteiger partial charge on any atom is 0.164 e. The lowest BCUT2D eigenvalue weighted by atomic mass is 9.96. The molecule has 0 N–H and O–H groups in total. The summed E-state index contributed by atoms with van der Waals surface area (Å²) in [7, 11) is 0. The van der Waals surface area contributed by atoms with Gasteiger partial charge in [-0.15, -0.1) is 0 Å². The standard InChI is InChI=1S/C61H38N4/c1-3-15-39(16-4-1)47-29-30-50-52(31-32-56(53(50)36-47)65-57-37-45-23-11-9-21-43(45)34-54(57)55-35-44-22-10-12-24-46(44)38-58(55)65)61-63-59(48-28-27-40-17-7-8-20-42(40)33-48)62-60(64-61)51-26-14-13-25-49(51)41-18-5-2-6-19-41/h1-38H. The summed E-state index contributed by atoms with van der Waals surface area (Å²) >= 11 is 0. The van der Waals surface area contributed by atoms with Gasteiger partial charge in [-0.2, -0.15) is 0 Å². The molecule has 0 unspecified atom stereocenters. The second kappa shape index (κ2) is 15.0. The highest BCUT2D eigenvalue weighted by molar-refractivity contribution is 6.18. The molecule has 0 atom stereocenters. The Kier molecular flexibility index (Phi) is 8.50. The van der Waals surface area contributed by atoms with Crippen molar-refractivity contribution in [1.82, 2.24) is 19.5 Å². The van der Waals surface area contributed by atoms with E-state index in [0.717, 1.165) is 71.8 Å². The number of hydrogen-bond acceptors (Lipinski definition) is 3. The third-order valence-electron chi connectivity index (χ3n) is 13.0. The third kappa shape index (κ3) is 6.26. The smallest absolute Gasteiger partial charge is 0.164 e. The molecule has 4 heteroatoms. The summed E-state index contributed by atoms with van der Waals surface area (Å²) in [6, 6.07) is 82.5. The molecular weight excluding hydrogens is 789 g/mol. The molecule has 0 spiro atoms. The van der Waals surface area contributed by atoms with Gasteiger partial charge in [-0.25, -0.2) is 15.0 Å². The van der Waals surface area contributed by atoms with Crippen molar-refractivity contribution in [2.75, 3.05) is 0 Å². The molecule has 65 heavy (non-hydrogen) atoms. The Morgan fingerprint density at radius 1 is 0.246 bits per heavy atom. The zero-order valence-corrected chi connectivity index (χ0v) is 35.2. The summed E-state index contributed by atoms with van der Waals surface area (Å²) in [5.41, 5.74) is 10.7. The summed E-state index contributed by atoms with van der Waals surface area (Å²) in [6.45, 7) is 0.